The fourth-order valence-electron chi connectivity index (χ4n) is 2.01. The van der Waals surface area contributed by atoms with E-state index >= 15 is 0 Å². The maximum atomic E-state index is 12.5. The van der Waals surface area contributed by atoms with Crippen molar-refractivity contribution in [3.8, 4) is 0 Å². The lowest BCUT2D eigenvalue weighted by atomic mass is 10.1. The summed E-state index contributed by atoms with van der Waals surface area (Å²) < 4.78 is 24.9. The van der Waals surface area contributed by atoms with Gasteiger partial charge in [0, 0.05) is 18.2 Å². The number of alkyl halides is 2. The number of nitrogens with zero attached hydrogens (tertiary/aromatic N) is 2. The van der Waals surface area contributed by atoms with Gasteiger partial charge >= 0.3 is 0 Å². The van der Waals surface area contributed by atoms with Crippen molar-refractivity contribution in [2.24, 2.45) is 0 Å². The molecule has 1 aliphatic rings. The second-order valence-electron chi connectivity index (χ2n) is 4.76. The maximum absolute atomic E-state index is 12.5. The SMILES string of the molecule is O=C(/C=C/c1ccccc1[N+](=O)[O-])N(CC(F)F)C1CC1. The van der Waals surface area contributed by atoms with Gasteiger partial charge < -0.3 is 4.90 Å². The Balaban J connectivity index is 2.12. The molecule has 5 nitrogen and oxygen atoms in total. The third kappa shape index (κ3) is 4.08. The maximum Gasteiger partial charge on any atom is 0.276 e. The molecule has 1 saturated carbocycles. The molecule has 0 atom stereocenters. The molecule has 21 heavy (non-hydrogen) atoms. The first-order valence-electron chi connectivity index (χ1n) is 6.49. The van der Waals surface area contributed by atoms with Crippen LogP contribution in [-0.4, -0.2) is 34.7 Å². The van der Waals surface area contributed by atoms with Crippen LogP contribution in [-0.2, 0) is 4.79 Å². The van der Waals surface area contributed by atoms with Crippen LogP contribution in [0.2, 0.25) is 0 Å². The molecule has 112 valence electrons. The molecule has 1 aromatic carbocycles. The first-order chi connectivity index (χ1) is 9.99. The second kappa shape index (κ2) is 6.43. The Labute approximate surface area is 120 Å². The lowest BCUT2D eigenvalue weighted by Gasteiger charge is -2.19. The Bertz CT molecular complexity index is 571. The molecule has 0 heterocycles. The van der Waals surface area contributed by atoms with Crippen molar-refractivity contribution in [3.63, 3.8) is 0 Å². The quantitative estimate of drug-likeness (QED) is 0.460. The Morgan fingerprint density at radius 2 is 2.10 bits per heavy atom. The largest absolute Gasteiger partial charge is 0.330 e. The van der Waals surface area contributed by atoms with Crippen LogP contribution in [0.25, 0.3) is 6.08 Å². The number of hydrogen-bond acceptors (Lipinski definition) is 3. The van der Waals surface area contributed by atoms with Crippen LogP contribution in [0.1, 0.15) is 18.4 Å². The number of carbonyl (C=O) groups excluding carboxylic acids is 1. The molecule has 0 unspecified atom stereocenters. The van der Waals surface area contributed by atoms with Crippen molar-refractivity contribution >= 4 is 17.7 Å². The fraction of sp³-hybridized carbons (Fsp3) is 0.357. The van der Waals surface area contributed by atoms with E-state index in [1.165, 1.54) is 24.3 Å². The lowest BCUT2D eigenvalue weighted by Crippen LogP contribution is -2.35. The van der Waals surface area contributed by atoms with Gasteiger partial charge in [0.15, 0.2) is 0 Å². The second-order valence-corrected chi connectivity index (χ2v) is 4.76. The summed E-state index contributed by atoms with van der Waals surface area (Å²) in [7, 11) is 0. The Morgan fingerprint density at radius 3 is 2.67 bits per heavy atom. The Hall–Kier alpha value is -2.31. The monoisotopic (exact) mass is 296 g/mol. The number of rotatable bonds is 6. The normalized spacial score (nSPS) is 14.6. The van der Waals surface area contributed by atoms with Crippen LogP contribution < -0.4 is 0 Å². The molecule has 0 radical (unpaired) electrons. The number of nitro benzene ring substituents is 1. The third-order valence-corrected chi connectivity index (χ3v) is 3.14. The molecule has 7 heteroatoms. The minimum Gasteiger partial charge on any atom is -0.330 e. The van der Waals surface area contributed by atoms with Crippen LogP contribution >= 0.6 is 0 Å². The number of hydrogen-bond donors (Lipinski definition) is 0. The standard InChI is InChI=1S/C14H14F2N2O3/c15-13(16)9-17(11-6-7-11)14(19)8-5-10-3-1-2-4-12(10)18(20)21/h1-5,8,11,13H,6-7,9H2/b8-5+. The zero-order valence-electron chi connectivity index (χ0n) is 11.1. The van der Waals surface area contributed by atoms with Gasteiger partial charge in [-0.3, -0.25) is 14.9 Å². The van der Waals surface area contributed by atoms with E-state index in [4.69, 9.17) is 0 Å². The highest BCUT2D eigenvalue weighted by atomic mass is 19.3. The summed E-state index contributed by atoms with van der Waals surface area (Å²) in [6, 6.07) is 5.81. The van der Waals surface area contributed by atoms with Gasteiger partial charge in [0.2, 0.25) is 5.91 Å². The molecule has 1 aliphatic carbocycles. The van der Waals surface area contributed by atoms with E-state index in [9.17, 15) is 23.7 Å². The van der Waals surface area contributed by atoms with Crippen LogP contribution in [0, 0.1) is 10.1 Å². The molecule has 0 N–H and O–H groups in total. The van der Waals surface area contributed by atoms with Gasteiger partial charge in [-0.15, -0.1) is 0 Å². The van der Waals surface area contributed by atoms with E-state index < -0.39 is 23.8 Å². The average molecular weight is 296 g/mol. The number of nitro groups is 1. The van der Waals surface area contributed by atoms with Gasteiger partial charge in [-0.25, -0.2) is 8.78 Å². The van der Waals surface area contributed by atoms with Crippen LogP contribution in [0.5, 0.6) is 0 Å². The highest BCUT2D eigenvalue weighted by molar-refractivity contribution is 5.92. The molecule has 2 rings (SSSR count). The topological polar surface area (TPSA) is 63.4 Å². The van der Waals surface area contributed by atoms with Crippen molar-refractivity contribution in [2.75, 3.05) is 6.54 Å². The van der Waals surface area contributed by atoms with E-state index in [1.807, 2.05) is 0 Å². The molecule has 0 aromatic heterocycles. The molecular weight excluding hydrogens is 282 g/mol. The number of halogens is 2. The number of amides is 1. The van der Waals surface area contributed by atoms with Gasteiger partial charge in [0.05, 0.1) is 17.0 Å². The first-order valence-corrected chi connectivity index (χ1v) is 6.49. The van der Waals surface area contributed by atoms with Crippen molar-refractivity contribution in [3.05, 3.63) is 46.0 Å². The molecule has 1 aromatic rings. The molecule has 1 fully saturated rings. The summed E-state index contributed by atoms with van der Waals surface area (Å²) in [5.41, 5.74) is 0.136. The van der Waals surface area contributed by atoms with E-state index in [2.05, 4.69) is 0 Å². The van der Waals surface area contributed by atoms with E-state index in [-0.39, 0.29) is 17.3 Å². The predicted octanol–water partition coefficient (Wildman–Crippen LogP) is 2.86. The summed E-state index contributed by atoms with van der Waals surface area (Å²) in [6.45, 7) is -0.606. The number of carbonyl (C=O) groups is 1. The Morgan fingerprint density at radius 1 is 1.43 bits per heavy atom. The zero-order chi connectivity index (χ0) is 15.4. The van der Waals surface area contributed by atoms with Crippen molar-refractivity contribution < 1.29 is 18.5 Å². The molecule has 0 spiro atoms. The molecule has 0 aliphatic heterocycles. The van der Waals surface area contributed by atoms with Crippen LogP contribution in [0.3, 0.4) is 0 Å². The van der Waals surface area contributed by atoms with Crippen LogP contribution in [0.15, 0.2) is 30.3 Å². The van der Waals surface area contributed by atoms with E-state index in [0.29, 0.717) is 0 Å². The fourth-order valence-corrected chi connectivity index (χ4v) is 2.01. The third-order valence-electron chi connectivity index (χ3n) is 3.14. The van der Waals surface area contributed by atoms with Gasteiger partial charge in [0.1, 0.15) is 0 Å². The summed E-state index contributed by atoms with van der Waals surface area (Å²) in [5, 5.41) is 10.8. The summed E-state index contributed by atoms with van der Waals surface area (Å²) in [4.78, 5) is 23.4. The molecule has 0 bridgehead atoms. The van der Waals surface area contributed by atoms with E-state index in [1.54, 1.807) is 6.07 Å². The van der Waals surface area contributed by atoms with Crippen molar-refractivity contribution in [1.82, 2.24) is 4.90 Å². The summed E-state index contributed by atoms with van der Waals surface area (Å²) >= 11 is 0. The average Bonchev–Trinajstić information content (AvgIpc) is 3.26. The van der Waals surface area contributed by atoms with Gasteiger partial charge in [-0.05, 0) is 25.0 Å². The highest BCUT2D eigenvalue weighted by Crippen LogP contribution is 2.28. The number of para-hydroxylation sites is 1. The van der Waals surface area contributed by atoms with Gasteiger partial charge in [-0.1, -0.05) is 12.1 Å². The van der Waals surface area contributed by atoms with Gasteiger partial charge in [0.25, 0.3) is 12.1 Å². The molecule has 0 saturated heterocycles. The van der Waals surface area contributed by atoms with Crippen molar-refractivity contribution in [1.29, 1.82) is 0 Å². The van der Waals surface area contributed by atoms with Crippen molar-refractivity contribution in [2.45, 2.75) is 25.3 Å². The molecular formula is C14H14F2N2O3. The minimum atomic E-state index is -2.59. The minimum absolute atomic E-state index is 0.131. The summed E-state index contributed by atoms with van der Waals surface area (Å²) in [5.74, 6) is -0.545. The Kier molecular flexibility index (Phi) is 4.62. The highest BCUT2D eigenvalue weighted by Gasteiger charge is 2.33. The van der Waals surface area contributed by atoms with E-state index in [0.717, 1.165) is 23.8 Å². The first kappa shape index (κ1) is 15.1. The summed E-state index contributed by atoms with van der Waals surface area (Å²) in [6.07, 6.45) is 1.26. The molecule has 1 amide bonds. The van der Waals surface area contributed by atoms with Crippen LogP contribution in [0.4, 0.5) is 14.5 Å². The smallest absolute Gasteiger partial charge is 0.276 e. The lowest BCUT2D eigenvalue weighted by molar-refractivity contribution is -0.385. The predicted molar refractivity (Wildman–Crippen MR) is 72.9 cm³/mol. The number of benzene rings is 1. The zero-order valence-corrected chi connectivity index (χ0v) is 11.1. The van der Waals surface area contributed by atoms with Gasteiger partial charge in [-0.2, -0.15) is 0 Å².